The van der Waals surface area contributed by atoms with E-state index in [0.29, 0.717) is 5.46 Å². The average molecular weight is 279 g/mol. The molecule has 0 amide bonds. The summed E-state index contributed by atoms with van der Waals surface area (Å²) in [5.41, 5.74) is -0.427. The van der Waals surface area contributed by atoms with Crippen LogP contribution in [-0.4, -0.2) is 41.5 Å². The monoisotopic (exact) mass is 279 g/mol. The van der Waals surface area contributed by atoms with Crippen molar-refractivity contribution >= 4 is 18.6 Å². The summed E-state index contributed by atoms with van der Waals surface area (Å²) in [4.78, 5) is 15.2. The molecule has 2 rings (SSSR count). The molecule has 0 atom stereocenters. The number of aromatic nitrogens is 1. The van der Waals surface area contributed by atoms with Crippen LogP contribution in [0.5, 0.6) is 5.88 Å². The smallest absolute Gasteiger partial charge is 0.480 e. The lowest BCUT2D eigenvalue weighted by molar-refractivity contribution is 0.00578. The van der Waals surface area contributed by atoms with Gasteiger partial charge in [-0.15, -0.1) is 0 Å². The molecule has 20 heavy (non-hydrogen) atoms. The van der Waals surface area contributed by atoms with Gasteiger partial charge in [0.25, 0.3) is 0 Å². The van der Waals surface area contributed by atoms with E-state index in [4.69, 9.17) is 19.2 Å². The molecule has 1 fully saturated rings. The second-order valence-corrected chi connectivity index (χ2v) is 5.72. The summed E-state index contributed by atoms with van der Waals surface area (Å²) in [5.74, 6) is -1.04. The van der Waals surface area contributed by atoms with Gasteiger partial charge in [-0.1, -0.05) is 0 Å². The molecule has 1 N–H and O–H groups in total. The van der Waals surface area contributed by atoms with Gasteiger partial charge < -0.3 is 19.2 Å². The molecular formula is C13H18BNO5. The molecule has 0 saturated carbocycles. The number of carbonyl (C=O) groups is 1. The number of ether oxygens (including phenoxy) is 1. The highest BCUT2D eigenvalue weighted by Crippen LogP contribution is 2.36. The fourth-order valence-corrected chi connectivity index (χ4v) is 1.89. The molecule has 0 aromatic carbocycles. The van der Waals surface area contributed by atoms with Crippen molar-refractivity contribution in [2.24, 2.45) is 0 Å². The van der Waals surface area contributed by atoms with Crippen molar-refractivity contribution in [3.05, 3.63) is 17.8 Å². The number of carboxylic acids is 1. The van der Waals surface area contributed by atoms with Crippen molar-refractivity contribution in [3.8, 4) is 5.88 Å². The predicted octanol–water partition coefficient (Wildman–Crippen LogP) is 1.09. The van der Waals surface area contributed by atoms with Crippen LogP contribution >= 0.6 is 0 Å². The Hall–Kier alpha value is -1.60. The van der Waals surface area contributed by atoms with Crippen molar-refractivity contribution in [3.63, 3.8) is 0 Å². The number of pyridine rings is 1. The van der Waals surface area contributed by atoms with Gasteiger partial charge in [0.05, 0.1) is 18.3 Å². The lowest BCUT2D eigenvalue weighted by atomic mass is 9.79. The van der Waals surface area contributed by atoms with Crippen LogP contribution < -0.4 is 10.2 Å². The number of hydrogen-bond donors (Lipinski definition) is 1. The maximum atomic E-state index is 11.2. The summed E-state index contributed by atoms with van der Waals surface area (Å²) in [6, 6.07) is 1.47. The normalized spacial score (nSPS) is 19.9. The van der Waals surface area contributed by atoms with Crippen molar-refractivity contribution in [2.75, 3.05) is 7.11 Å². The maximum absolute atomic E-state index is 11.2. The molecule has 0 bridgehead atoms. The van der Waals surface area contributed by atoms with E-state index in [1.165, 1.54) is 19.4 Å². The summed E-state index contributed by atoms with van der Waals surface area (Å²) in [5, 5.41) is 9.17. The highest BCUT2D eigenvalue weighted by atomic mass is 16.7. The number of carboxylic acid groups (broad SMARTS) is 1. The minimum absolute atomic E-state index is 0.0142. The summed E-state index contributed by atoms with van der Waals surface area (Å²) in [7, 11) is 0.736. The van der Waals surface area contributed by atoms with E-state index in [9.17, 15) is 4.79 Å². The van der Waals surface area contributed by atoms with E-state index in [0.717, 1.165) is 0 Å². The minimum atomic E-state index is -1.10. The maximum Gasteiger partial charge on any atom is 0.496 e. The Labute approximate surface area is 118 Å². The standard InChI is InChI=1S/C13H18BNO5/c1-12(2)13(3,4)20-14(19-12)8-6-9(11(16)17)10(18-5)15-7-8/h6-7H,1-5H3,(H,16,17). The molecular weight excluding hydrogens is 261 g/mol. The molecule has 1 saturated heterocycles. The first-order valence-corrected chi connectivity index (χ1v) is 6.31. The predicted molar refractivity (Wildman–Crippen MR) is 73.5 cm³/mol. The van der Waals surface area contributed by atoms with Crippen molar-refractivity contribution in [1.82, 2.24) is 4.98 Å². The van der Waals surface area contributed by atoms with Gasteiger partial charge in [0, 0.05) is 11.7 Å². The van der Waals surface area contributed by atoms with Crippen LogP contribution in [0.2, 0.25) is 0 Å². The van der Waals surface area contributed by atoms with E-state index in [-0.39, 0.29) is 11.4 Å². The highest BCUT2D eigenvalue weighted by molar-refractivity contribution is 6.62. The molecule has 1 aliphatic rings. The zero-order chi connectivity index (χ0) is 15.1. The second-order valence-electron chi connectivity index (χ2n) is 5.72. The topological polar surface area (TPSA) is 77.9 Å². The van der Waals surface area contributed by atoms with Gasteiger partial charge in [0.2, 0.25) is 5.88 Å². The van der Waals surface area contributed by atoms with Crippen LogP contribution in [0.4, 0.5) is 0 Å². The van der Waals surface area contributed by atoms with Gasteiger partial charge in [-0.05, 0) is 33.8 Å². The zero-order valence-corrected chi connectivity index (χ0v) is 12.3. The Morgan fingerprint density at radius 3 is 2.30 bits per heavy atom. The summed E-state index contributed by atoms with van der Waals surface area (Å²) in [6.45, 7) is 7.73. The molecule has 108 valence electrons. The first-order valence-electron chi connectivity index (χ1n) is 6.31. The van der Waals surface area contributed by atoms with E-state index in [1.54, 1.807) is 0 Å². The van der Waals surface area contributed by atoms with Gasteiger partial charge in [0.15, 0.2) is 0 Å². The number of methoxy groups -OCH3 is 1. The lowest BCUT2D eigenvalue weighted by Crippen LogP contribution is -2.41. The fraction of sp³-hybridized carbons (Fsp3) is 0.538. The average Bonchev–Trinajstić information content (AvgIpc) is 2.57. The molecule has 7 heteroatoms. The number of hydrogen-bond acceptors (Lipinski definition) is 5. The zero-order valence-electron chi connectivity index (χ0n) is 12.3. The van der Waals surface area contributed by atoms with Crippen molar-refractivity contribution in [1.29, 1.82) is 0 Å². The molecule has 1 aromatic heterocycles. The summed E-state index contributed by atoms with van der Waals surface area (Å²) in [6.07, 6.45) is 1.51. The van der Waals surface area contributed by atoms with Crippen LogP contribution in [0.25, 0.3) is 0 Å². The molecule has 0 aliphatic carbocycles. The summed E-state index contributed by atoms with van der Waals surface area (Å²) < 4.78 is 16.7. The fourth-order valence-electron chi connectivity index (χ4n) is 1.89. The molecule has 1 aliphatic heterocycles. The van der Waals surface area contributed by atoms with Gasteiger partial charge in [-0.2, -0.15) is 0 Å². The first-order chi connectivity index (χ1) is 9.18. The molecule has 0 unspecified atom stereocenters. The first kappa shape index (κ1) is 14.8. The Morgan fingerprint density at radius 2 is 1.85 bits per heavy atom. The highest BCUT2D eigenvalue weighted by Gasteiger charge is 2.52. The number of nitrogens with zero attached hydrogens (tertiary/aromatic N) is 1. The van der Waals surface area contributed by atoms with E-state index >= 15 is 0 Å². The van der Waals surface area contributed by atoms with Crippen molar-refractivity contribution in [2.45, 2.75) is 38.9 Å². The van der Waals surface area contributed by atoms with Gasteiger partial charge in [0.1, 0.15) is 5.56 Å². The van der Waals surface area contributed by atoms with E-state index in [1.807, 2.05) is 27.7 Å². The Bertz CT molecular complexity index is 528. The Balaban J connectivity index is 2.36. The number of rotatable bonds is 3. The van der Waals surface area contributed by atoms with Crippen molar-refractivity contribution < 1.29 is 23.9 Å². The van der Waals surface area contributed by atoms with Crippen LogP contribution in [-0.2, 0) is 9.31 Å². The quantitative estimate of drug-likeness (QED) is 0.834. The Kier molecular flexibility index (Phi) is 3.52. The lowest BCUT2D eigenvalue weighted by Gasteiger charge is -2.32. The van der Waals surface area contributed by atoms with Crippen LogP contribution in [0.15, 0.2) is 12.3 Å². The van der Waals surface area contributed by atoms with E-state index < -0.39 is 24.3 Å². The minimum Gasteiger partial charge on any atom is -0.480 e. The van der Waals surface area contributed by atoms with E-state index in [2.05, 4.69) is 4.98 Å². The molecule has 0 spiro atoms. The van der Waals surface area contributed by atoms with Crippen LogP contribution in [0.1, 0.15) is 38.1 Å². The van der Waals surface area contributed by atoms with Gasteiger partial charge >= 0.3 is 13.1 Å². The summed E-state index contributed by atoms with van der Waals surface area (Å²) >= 11 is 0. The Morgan fingerprint density at radius 1 is 1.30 bits per heavy atom. The third kappa shape index (κ3) is 2.38. The third-order valence-corrected chi connectivity index (χ3v) is 3.82. The van der Waals surface area contributed by atoms with Gasteiger partial charge in [-0.25, -0.2) is 9.78 Å². The largest absolute Gasteiger partial charge is 0.496 e. The van der Waals surface area contributed by atoms with Crippen LogP contribution in [0, 0.1) is 0 Å². The molecule has 1 aromatic rings. The van der Waals surface area contributed by atoms with Crippen LogP contribution in [0.3, 0.4) is 0 Å². The molecule has 0 radical (unpaired) electrons. The SMILES string of the molecule is COc1ncc(B2OC(C)(C)C(C)(C)O2)cc1C(=O)O. The molecule has 2 heterocycles. The third-order valence-electron chi connectivity index (χ3n) is 3.82. The molecule has 6 nitrogen and oxygen atoms in total. The number of aromatic carboxylic acids is 1. The van der Waals surface area contributed by atoms with Gasteiger partial charge in [-0.3, -0.25) is 0 Å². The second kappa shape index (κ2) is 4.75.